The lowest BCUT2D eigenvalue weighted by Gasteiger charge is -2.09. The fourth-order valence-corrected chi connectivity index (χ4v) is 0.838. The number of Topliss-reactive ketones (excluding diaryl/α,β-unsaturated/α-hetero) is 1. The Hall–Kier alpha value is -1.12. The number of rotatable bonds is 1. The van der Waals surface area contributed by atoms with E-state index in [9.17, 15) is 9.59 Å². The number of ketones is 1. The number of hydrogen-bond donors (Lipinski definition) is 1. The SMILES string of the molecule is CC(=O)C1=CNC(=O)CC1. The Bertz CT molecular complexity index is 206. The van der Waals surface area contributed by atoms with Gasteiger partial charge in [-0.1, -0.05) is 0 Å². The lowest BCUT2D eigenvalue weighted by atomic mass is 10.1. The molecule has 54 valence electrons. The standard InChI is InChI=1S/C7H9NO2/c1-5(9)6-2-3-7(10)8-4-6/h4H,2-3H2,1H3,(H,8,10). The van der Waals surface area contributed by atoms with Crippen molar-refractivity contribution in [3.8, 4) is 0 Å². The third-order valence-electron chi connectivity index (χ3n) is 1.48. The molecule has 1 aliphatic rings. The van der Waals surface area contributed by atoms with Crippen LogP contribution in [0.3, 0.4) is 0 Å². The molecule has 1 rings (SSSR count). The van der Waals surface area contributed by atoms with Crippen LogP contribution in [0.5, 0.6) is 0 Å². The molecule has 1 heterocycles. The minimum absolute atomic E-state index is 0.00926. The molecule has 1 N–H and O–H groups in total. The van der Waals surface area contributed by atoms with Crippen molar-refractivity contribution in [2.75, 3.05) is 0 Å². The van der Waals surface area contributed by atoms with Crippen LogP contribution < -0.4 is 5.32 Å². The van der Waals surface area contributed by atoms with Crippen LogP contribution in [0.25, 0.3) is 0 Å². The van der Waals surface area contributed by atoms with Gasteiger partial charge in [0, 0.05) is 18.2 Å². The molecule has 1 amide bonds. The number of amides is 1. The molecule has 0 saturated heterocycles. The van der Waals surface area contributed by atoms with Gasteiger partial charge in [0.25, 0.3) is 0 Å². The summed E-state index contributed by atoms with van der Waals surface area (Å²) < 4.78 is 0. The second-order valence-corrected chi connectivity index (χ2v) is 2.29. The van der Waals surface area contributed by atoms with Gasteiger partial charge < -0.3 is 5.32 Å². The summed E-state index contributed by atoms with van der Waals surface area (Å²) in [6.07, 6.45) is 2.51. The Labute approximate surface area is 59.1 Å². The zero-order chi connectivity index (χ0) is 7.56. The molecule has 1 aliphatic heterocycles. The van der Waals surface area contributed by atoms with Gasteiger partial charge in [0.2, 0.25) is 5.91 Å². The van der Waals surface area contributed by atoms with E-state index in [4.69, 9.17) is 0 Å². The first-order valence-corrected chi connectivity index (χ1v) is 3.19. The van der Waals surface area contributed by atoms with E-state index in [1.54, 1.807) is 0 Å². The van der Waals surface area contributed by atoms with Crippen molar-refractivity contribution in [3.63, 3.8) is 0 Å². The van der Waals surface area contributed by atoms with Gasteiger partial charge in [0.15, 0.2) is 5.78 Å². The highest BCUT2D eigenvalue weighted by Crippen LogP contribution is 2.08. The van der Waals surface area contributed by atoms with E-state index in [-0.39, 0.29) is 11.7 Å². The van der Waals surface area contributed by atoms with Crippen molar-refractivity contribution in [1.82, 2.24) is 5.32 Å². The van der Waals surface area contributed by atoms with Crippen LogP contribution in [0, 0.1) is 0 Å². The summed E-state index contributed by atoms with van der Waals surface area (Å²) in [4.78, 5) is 21.3. The van der Waals surface area contributed by atoms with Gasteiger partial charge in [-0.05, 0) is 13.3 Å². The molecule has 3 heteroatoms. The molecular weight excluding hydrogens is 130 g/mol. The molecule has 0 aromatic carbocycles. The number of hydrogen-bond acceptors (Lipinski definition) is 2. The molecule has 10 heavy (non-hydrogen) atoms. The Balaban J connectivity index is 2.65. The molecule has 0 aromatic rings. The first-order valence-electron chi connectivity index (χ1n) is 3.19. The molecule has 0 atom stereocenters. The van der Waals surface area contributed by atoms with Gasteiger partial charge in [0.1, 0.15) is 0 Å². The molecule has 0 aromatic heterocycles. The minimum atomic E-state index is -0.00926. The van der Waals surface area contributed by atoms with Gasteiger partial charge in [-0.15, -0.1) is 0 Å². The summed E-state index contributed by atoms with van der Waals surface area (Å²) >= 11 is 0. The largest absolute Gasteiger partial charge is 0.332 e. The summed E-state index contributed by atoms with van der Waals surface area (Å²) in [6.45, 7) is 1.50. The number of carbonyl (C=O) groups excluding carboxylic acids is 2. The Morgan fingerprint density at radius 2 is 2.30 bits per heavy atom. The van der Waals surface area contributed by atoms with Crippen LogP contribution in [-0.4, -0.2) is 11.7 Å². The summed E-state index contributed by atoms with van der Waals surface area (Å²) in [5.41, 5.74) is 0.708. The number of allylic oxidation sites excluding steroid dienone is 1. The smallest absolute Gasteiger partial charge is 0.224 e. The molecular formula is C7H9NO2. The Morgan fingerprint density at radius 1 is 1.60 bits per heavy atom. The molecule has 3 nitrogen and oxygen atoms in total. The average Bonchev–Trinajstić information content (AvgIpc) is 1.88. The zero-order valence-corrected chi connectivity index (χ0v) is 5.81. The van der Waals surface area contributed by atoms with Crippen LogP contribution >= 0.6 is 0 Å². The normalized spacial score (nSPS) is 17.7. The summed E-state index contributed by atoms with van der Waals surface area (Å²) in [5.74, 6) is 0.0324. The van der Waals surface area contributed by atoms with E-state index in [1.807, 2.05) is 0 Å². The molecule has 0 fully saturated rings. The monoisotopic (exact) mass is 139 g/mol. The molecule has 0 saturated carbocycles. The molecule has 0 spiro atoms. The highest BCUT2D eigenvalue weighted by Gasteiger charge is 2.11. The third kappa shape index (κ3) is 1.43. The third-order valence-corrected chi connectivity index (χ3v) is 1.48. The second-order valence-electron chi connectivity index (χ2n) is 2.29. The van der Waals surface area contributed by atoms with E-state index in [2.05, 4.69) is 5.32 Å². The van der Waals surface area contributed by atoms with Crippen molar-refractivity contribution in [1.29, 1.82) is 0 Å². The second kappa shape index (κ2) is 2.64. The van der Waals surface area contributed by atoms with E-state index in [0.717, 1.165) is 0 Å². The topological polar surface area (TPSA) is 46.2 Å². The van der Waals surface area contributed by atoms with Crippen molar-refractivity contribution >= 4 is 11.7 Å². The van der Waals surface area contributed by atoms with E-state index < -0.39 is 0 Å². The van der Waals surface area contributed by atoms with Crippen LogP contribution in [-0.2, 0) is 9.59 Å². The van der Waals surface area contributed by atoms with E-state index >= 15 is 0 Å². The zero-order valence-electron chi connectivity index (χ0n) is 5.81. The van der Waals surface area contributed by atoms with Gasteiger partial charge >= 0.3 is 0 Å². The van der Waals surface area contributed by atoms with Gasteiger partial charge in [-0.2, -0.15) is 0 Å². The fourth-order valence-electron chi connectivity index (χ4n) is 0.838. The quantitative estimate of drug-likeness (QED) is 0.570. The molecule has 0 aliphatic carbocycles. The lowest BCUT2D eigenvalue weighted by molar-refractivity contribution is -0.120. The lowest BCUT2D eigenvalue weighted by Crippen LogP contribution is -2.23. The van der Waals surface area contributed by atoms with Gasteiger partial charge in [0.05, 0.1) is 0 Å². The molecule has 0 bridgehead atoms. The highest BCUT2D eigenvalue weighted by molar-refractivity contribution is 5.95. The van der Waals surface area contributed by atoms with Crippen molar-refractivity contribution < 1.29 is 9.59 Å². The predicted octanol–water partition coefficient (Wildman–Crippen LogP) is 0.369. The maximum atomic E-state index is 10.7. The predicted molar refractivity (Wildman–Crippen MR) is 36.1 cm³/mol. The number of nitrogens with one attached hydrogen (secondary N) is 1. The average molecular weight is 139 g/mol. The first-order chi connectivity index (χ1) is 4.70. The number of carbonyl (C=O) groups is 2. The van der Waals surface area contributed by atoms with E-state index in [1.165, 1.54) is 13.1 Å². The Kier molecular flexibility index (Phi) is 1.85. The maximum absolute atomic E-state index is 10.7. The highest BCUT2D eigenvalue weighted by atomic mass is 16.1. The van der Waals surface area contributed by atoms with Crippen molar-refractivity contribution in [2.45, 2.75) is 19.8 Å². The van der Waals surface area contributed by atoms with Crippen LogP contribution in [0.2, 0.25) is 0 Å². The fraction of sp³-hybridized carbons (Fsp3) is 0.429. The Morgan fingerprint density at radius 3 is 2.70 bits per heavy atom. The van der Waals surface area contributed by atoms with Crippen LogP contribution in [0.15, 0.2) is 11.8 Å². The van der Waals surface area contributed by atoms with Crippen molar-refractivity contribution in [2.24, 2.45) is 0 Å². The summed E-state index contributed by atoms with van der Waals surface area (Å²) in [7, 11) is 0. The van der Waals surface area contributed by atoms with Crippen LogP contribution in [0.1, 0.15) is 19.8 Å². The first kappa shape index (κ1) is 6.99. The molecule has 0 unspecified atom stereocenters. The van der Waals surface area contributed by atoms with Crippen molar-refractivity contribution in [3.05, 3.63) is 11.8 Å². The summed E-state index contributed by atoms with van der Waals surface area (Å²) in [6, 6.07) is 0. The molecule has 0 radical (unpaired) electrons. The van der Waals surface area contributed by atoms with E-state index in [0.29, 0.717) is 18.4 Å². The minimum Gasteiger partial charge on any atom is -0.332 e. The van der Waals surface area contributed by atoms with Crippen LogP contribution in [0.4, 0.5) is 0 Å². The van der Waals surface area contributed by atoms with Gasteiger partial charge in [-0.25, -0.2) is 0 Å². The summed E-state index contributed by atoms with van der Waals surface area (Å²) in [5, 5.41) is 2.49. The maximum Gasteiger partial charge on any atom is 0.224 e. The van der Waals surface area contributed by atoms with Gasteiger partial charge in [-0.3, -0.25) is 9.59 Å².